The Labute approximate surface area is 106 Å². The molecule has 0 unspecified atom stereocenters. The molecule has 1 heterocycles. The Hall–Kier alpha value is -1.77. The average molecular weight is 243 g/mol. The number of hydrogen-bond acceptors (Lipinski definition) is 1. The molecular formula is C15H17NO2. The summed E-state index contributed by atoms with van der Waals surface area (Å²) in [5, 5.41) is 10.5. The van der Waals surface area contributed by atoms with Crippen molar-refractivity contribution in [3.8, 4) is 0 Å². The van der Waals surface area contributed by atoms with Crippen LogP contribution in [0.3, 0.4) is 0 Å². The highest BCUT2D eigenvalue weighted by Crippen LogP contribution is 2.36. The van der Waals surface area contributed by atoms with Gasteiger partial charge in [-0.05, 0) is 44.7 Å². The lowest BCUT2D eigenvalue weighted by Crippen LogP contribution is -2.08. The Morgan fingerprint density at radius 1 is 1.33 bits per heavy atom. The summed E-state index contributed by atoms with van der Waals surface area (Å²) in [7, 11) is 0. The van der Waals surface area contributed by atoms with Gasteiger partial charge in [0.15, 0.2) is 0 Å². The maximum absolute atomic E-state index is 11.4. The standard InChI is InChI=1S/C15H17NO2/c1-9(2)16-13-8-4-5-10(13)11-6-3-7-12(14(11)16)15(17)18/h3,6-7,9H,4-5,8H2,1-2H3,(H,17,18). The highest BCUT2D eigenvalue weighted by molar-refractivity contribution is 6.04. The van der Waals surface area contributed by atoms with Crippen LogP contribution in [0.25, 0.3) is 10.9 Å². The minimum atomic E-state index is -0.835. The van der Waals surface area contributed by atoms with Crippen LogP contribution >= 0.6 is 0 Å². The van der Waals surface area contributed by atoms with Gasteiger partial charge < -0.3 is 9.67 Å². The summed E-state index contributed by atoms with van der Waals surface area (Å²) in [6.45, 7) is 4.24. The molecule has 0 bridgehead atoms. The van der Waals surface area contributed by atoms with Gasteiger partial charge in [-0.25, -0.2) is 4.79 Å². The Balaban J connectivity index is 2.45. The van der Waals surface area contributed by atoms with Crippen molar-refractivity contribution < 1.29 is 9.90 Å². The van der Waals surface area contributed by atoms with E-state index in [0.717, 1.165) is 23.7 Å². The van der Waals surface area contributed by atoms with E-state index < -0.39 is 5.97 Å². The molecular weight excluding hydrogens is 226 g/mol. The number of aryl methyl sites for hydroxylation is 1. The molecule has 0 saturated heterocycles. The molecule has 1 aromatic heterocycles. The van der Waals surface area contributed by atoms with Gasteiger partial charge in [0.05, 0.1) is 11.1 Å². The monoisotopic (exact) mass is 243 g/mol. The van der Waals surface area contributed by atoms with Gasteiger partial charge in [0.2, 0.25) is 0 Å². The molecule has 0 radical (unpaired) electrons. The van der Waals surface area contributed by atoms with E-state index in [1.54, 1.807) is 6.07 Å². The number of rotatable bonds is 2. The first-order chi connectivity index (χ1) is 8.61. The van der Waals surface area contributed by atoms with Gasteiger partial charge in [0.1, 0.15) is 0 Å². The molecule has 0 amide bonds. The van der Waals surface area contributed by atoms with Gasteiger partial charge in [-0.2, -0.15) is 0 Å². The van der Waals surface area contributed by atoms with Gasteiger partial charge in [-0.15, -0.1) is 0 Å². The van der Waals surface area contributed by atoms with Crippen LogP contribution in [0, 0.1) is 0 Å². The van der Waals surface area contributed by atoms with Crippen molar-refractivity contribution in [1.82, 2.24) is 4.57 Å². The Bertz CT molecular complexity index is 637. The third kappa shape index (κ3) is 1.40. The van der Waals surface area contributed by atoms with Crippen molar-refractivity contribution in [3.63, 3.8) is 0 Å². The van der Waals surface area contributed by atoms with Crippen LogP contribution < -0.4 is 0 Å². The van der Waals surface area contributed by atoms with E-state index >= 15 is 0 Å². The van der Waals surface area contributed by atoms with Gasteiger partial charge >= 0.3 is 5.97 Å². The number of hydrogen-bond donors (Lipinski definition) is 1. The number of aromatic carboxylic acids is 1. The molecule has 3 rings (SSSR count). The summed E-state index contributed by atoms with van der Waals surface area (Å²) >= 11 is 0. The number of carbonyl (C=O) groups is 1. The zero-order chi connectivity index (χ0) is 12.9. The average Bonchev–Trinajstić information content (AvgIpc) is 2.86. The Morgan fingerprint density at radius 3 is 2.78 bits per heavy atom. The topological polar surface area (TPSA) is 42.2 Å². The number of nitrogens with zero attached hydrogens (tertiary/aromatic N) is 1. The van der Waals surface area contributed by atoms with Crippen LogP contribution in [0.15, 0.2) is 18.2 Å². The van der Waals surface area contributed by atoms with Crippen molar-refractivity contribution in [3.05, 3.63) is 35.0 Å². The summed E-state index contributed by atoms with van der Waals surface area (Å²) in [6, 6.07) is 5.92. The fourth-order valence-electron chi connectivity index (χ4n) is 3.21. The third-order valence-electron chi connectivity index (χ3n) is 3.83. The smallest absolute Gasteiger partial charge is 0.337 e. The predicted molar refractivity (Wildman–Crippen MR) is 71.3 cm³/mol. The minimum Gasteiger partial charge on any atom is -0.478 e. The molecule has 0 saturated carbocycles. The fraction of sp³-hybridized carbons (Fsp3) is 0.400. The first kappa shape index (κ1) is 11.3. The maximum atomic E-state index is 11.4. The van der Waals surface area contributed by atoms with Crippen LogP contribution in [-0.2, 0) is 12.8 Å². The van der Waals surface area contributed by atoms with E-state index in [2.05, 4.69) is 24.5 Å². The summed E-state index contributed by atoms with van der Waals surface area (Å²) < 4.78 is 2.22. The Kier molecular flexibility index (Phi) is 2.44. The van der Waals surface area contributed by atoms with Gasteiger partial charge in [0, 0.05) is 17.1 Å². The van der Waals surface area contributed by atoms with Crippen LogP contribution in [0.2, 0.25) is 0 Å². The normalized spacial score (nSPS) is 14.4. The van der Waals surface area contributed by atoms with E-state index in [1.807, 2.05) is 6.07 Å². The van der Waals surface area contributed by atoms with Gasteiger partial charge in [-0.1, -0.05) is 12.1 Å². The number of carboxylic acids is 1. The highest BCUT2D eigenvalue weighted by atomic mass is 16.4. The second kappa shape index (κ2) is 3.87. The first-order valence-electron chi connectivity index (χ1n) is 6.49. The van der Waals surface area contributed by atoms with Gasteiger partial charge in [0.25, 0.3) is 0 Å². The van der Waals surface area contributed by atoms with E-state index in [-0.39, 0.29) is 0 Å². The molecule has 2 aromatic rings. The molecule has 1 aliphatic rings. The highest BCUT2D eigenvalue weighted by Gasteiger charge is 2.25. The molecule has 1 aromatic carbocycles. The maximum Gasteiger partial charge on any atom is 0.337 e. The molecule has 0 spiro atoms. The summed E-state index contributed by atoms with van der Waals surface area (Å²) in [4.78, 5) is 11.4. The van der Waals surface area contributed by atoms with E-state index in [1.165, 1.54) is 17.7 Å². The number of fused-ring (bicyclic) bond motifs is 3. The zero-order valence-corrected chi connectivity index (χ0v) is 10.7. The molecule has 0 aliphatic heterocycles. The number of para-hydroxylation sites is 1. The molecule has 0 atom stereocenters. The minimum absolute atomic E-state index is 0.301. The summed E-state index contributed by atoms with van der Waals surface area (Å²) in [5.41, 5.74) is 4.04. The van der Waals surface area contributed by atoms with Gasteiger partial charge in [-0.3, -0.25) is 0 Å². The van der Waals surface area contributed by atoms with Crippen molar-refractivity contribution >= 4 is 16.9 Å². The van der Waals surface area contributed by atoms with Crippen LogP contribution in [0.5, 0.6) is 0 Å². The van der Waals surface area contributed by atoms with E-state index in [9.17, 15) is 9.90 Å². The first-order valence-corrected chi connectivity index (χ1v) is 6.49. The fourth-order valence-corrected chi connectivity index (χ4v) is 3.21. The lowest BCUT2D eigenvalue weighted by molar-refractivity contribution is 0.0698. The second-order valence-electron chi connectivity index (χ2n) is 5.25. The van der Waals surface area contributed by atoms with E-state index in [0.29, 0.717) is 11.6 Å². The quantitative estimate of drug-likeness (QED) is 0.878. The second-order valence-corrected chi connectivity index (χ2v) is 5.25. The lowest BCUT2D eigenvalue weighted by Gasteiger charge is -2.14. The lowest BCUT2D eigenvalue weighted by atomic mass is 10.1. The van der Waals surface area contributed by atoms with Crippen LogP contribution in [0.1, 0.15) is 47.9 Å². The van der Waals surface area contributed by atoms with Crippen molar-refractivity contribution in [2.24, 2.45) is 0 Å². The Morgan fingerprint density at radius 2 is 2.11 bits per heavy atom. The molecule has 18 heavy (non-hydrogen) atoms. The molecule has 1 N–H and O–H groups in total. The SMILES string of the molecule is CC(C)n1c2c(c3cccc(C(=O)O)c31)CCC2. The molecule has 1 aliphatic carbocycles. The zero-order valence-electron chi connectivity index (χ0n) is 10.7. The summed E-state index contributed by atoms with van der Waals surface area (Å²) in [6.07, 6.45) is 3.33. The summed E-state index contributed by atoms with van der Waals surface area (Å²) in [5.74, 6) is -0.835. The van der Waals surface area contributed by atoms with Crippen molar-refractivity contribution in [2.45, 2.75) is 39.2 Å². The molecule has 3 heteroatoms. The van der Waals surface area contributed by atoms with Crippen molar-refractivity contribution in [1.29, 1.82) is 0 Å². The van der Waals surface area contributed by atoms with Crippen LogP contribution in [0.4, 0.5) is 0 Å². The third-order valence-corrected chi connectivity index (χ3v) is 3.83. The molecule has 94 valence electrons. The van der Waals surface area contributed by atoms with Crippen molar-refractivity contribution in [2.75, 3.05) is 0 Å². The molecule has 0 fully saturated rings. The molecule has 3 nitrogen and oxygen atoms in total. The van der Waals surface area contributed by atoms with Crippen LogP contribution in [-0.4, -0.2) is 15.6 Å². The number of aromatic nitrogens is 1. The number of benzene rings is 1. The number of carboxylic acid groups (broad SMARTS) is 1. The largest absolute Gasteiger partial charge is 0.478 e. The predicted octanol–water partition coefficient (Wildman–Crippen LogP) is 3.41. The van der Waals surface area contributed by atoms with E-state index in [4.69, 9.17) is 0 Å².